The Kier molecular flexibility index (Phi) is 3.93. The molecule has 0 fully saturated rings. The van der Waals surface area contributed by atoms with Crippen LogP contribution in [-0.4, -0.2) is 9.55 Å². The molecule has 0 unspecified atom stereocenters. The predicted molar refractivity (Wildman–Crippen MR) is 93.1 cm³/mol. The highest BCUT2D eigenvalue weighted by molar-refractivity contribution is 14.1. The van der Waals surface area contributed by atoms with Crippen LogP contribution >= 0.6 is 45.8 Å². The molecular formula is C15H11Cl2IN2. The van der Waals surface area contributed by atoms with Crippen LogP contribution in [0.4, 0.5) is 0 Å². The fraction of sp³-hybridized carbons (Fsp3) is 0.133. The van der Waals surface area contributed by atoms with Gasteiger partial charge in [0.2, 0.25) is 0 Å². The van der Waals surface area contributed by atoms with Crippen molar-refractivity contribution in [3.05, 3.63) is 56.4 Å². The zero-order chi connectivity index (χ0) is 14.3. The first-order valence-electron chi connectivity index (χ1n) is 6.10. The summed E-state index contributed by atoms with van der Waals surface area (Å²) in [7, 11) is 0. The second-order valence-electron chi connectivity index (χ2n) is 4.54. The number of halogens is 3. The van der Waals surface area contributed by atoms with E-state index in [1.165, 1.54) is 0 Å². The number of rotatable bonds is 2. The number of hydrogen-bond donors (Lipinski definition) is 0. The summed E-state index contributed by atoms with van der Waals surface area (Å²) in [5, 5.41) is 0.728. The number of alkyl halides is 1. The van der Waals surface area contributed by atoms with Gasteiger partial charge in [-0.2, -0.15) is 0 Å². The Bertz CT molecular complexity index is 796. The number of para-hydroxylation sites is 1. The van der Waals surface area contributed by atoms with Gasteiger partial charge in [0.05, 0.1) is 22.6 Å². The molecule has 5 heteroatoms. The van der Waals surface area contributed by atoms with Crippen LogP contribution in [0.25, 0.3) is 16.7 Å². The Balaban J connectivity index is 2.37. The van der Waals surface area contributed by atoms with E-state index in [4.69, 9.17) is 23.2 Å². The molecule has 0 saturated carbocycles. The van der Waals surface area contributed by atoms with E-state index in [0.717, 1.165) is 36.7 Å². The van der Waals surface area contributed by atoms with Gasteiger partial charge in [-0.25, -0.2) is 4.98 Å². The maximum Gasteiger partial charge on any atom is 0.129 e. The largest absolute Gasteiger partial charge is 0.294 e. The monoisotopic (exact) mass is 416 g/mol. The lowest BCUT2D eigenvalue weighted by molar-refractivity contribution is 0.976. The van der Waals surface area contributed by atoms with Gasteiger partial charge < -0.3 is 0 Å². The van der Waals surface area contributed by atoms with E-state index in [9.17, 15) is 0 Å². The standard InChI is InChI=1S/C15H11Cl2IN2/c1-9-3-2-4-13-15(9)19-14(8-16)20(13)12-6-5-10(17)7-11(12)18/h2-7H,8H2,1H3. The lowest BCUT2D eigenvalue weighted by atomic mass is 10.2. The highest BCUT2D eigenvalue weighted by Crippen LogP contribution is 2.28. The number of benzene rings is 2. The topological polar surface area (TPSA) is 17.8 Å². The van der Waals surface area contributed by atoms with Crippen molar-refractivity contribution < 1.29 is 0 Å². The van der Waals surface area contributed by atoms with Gasteiger partial charge in [-0.05, 0) is 59.3 Å². The van der Waals surface area contributed by atoms with E-state index in [1.807, 2.05) is 24.3 Å². The molecule has 1 heterocycles. The molecule has 0 aliphatic rings. The van der Waals surface area contributed by atoms with Crippen molar-refractivity contribution in [1.29, 1.82) is 0 Å². The molecule has 0 atom stereocenters. The first kappa shape index (κ1) is 14.2. The Labute approximate surface area is 140 Å². The number of fused-ring (bicyclic) bond motifs is 1. The zero-order valence-electron chi connectivity index (χ0n) is 10.7. The summed E-state index contributed by atoms with van der Waals surface area (Å²) in [6.07, 6.45) is 0. The molecule has 0 bridgehead atoms. The second kappa shape index (κ2) is 5.54. The molecule has 0 spiro atoms. The Morgan fingerprint density at radius 3 is 2.75 bits per heavy atom. The Morgan fingerprint density at radius 2 is 2.05 bits per heavy atom. The first-order valence-corrected chi connectivity index (χ1v) is 8.09. The van der Waals surface area contributed by atoms with Crippen molar-refractivity contribution in [3.8, 4) is 5.69 Å². The minimum absolute atomic E-state index is 0.368. The number of aryl methyl sites for hydroxylation is 1. The third-order valence-electron chi connectivity index (χ3n) is 3.23. The normalized spacial score (nSPS) is 11.2. The lowest BCUT2D eigenvalue weighted by Gasteiger charge is -2.10. The average molecular weight is 417 g/mol. The van der Waals surface area contributed by atoms with Crippen molar-refractivity contribution in [2.75, 3.05) is 0 Å². The molecule has 0 radical (unpaired) electrons. The van der Waals surface area contributed by atoms with Crippen molar-refractivity contribution in [1.82, 2.24) is 9.55 Å². The summed E-state index contributed by atoms with van der Waals surface area (Å²) < 4.78 is 3.18. The number of nitrogens with zero attached hydrogens (tertiary/aromatic N) is 2. The van der Waals surface area contributed by atoms with Gasteiger partial charge in [-0.15, -0.1) is 11.6 Å². The van der Waals surface area contributed by atoms with Gasteiger partial charge in [-0.3, -0.25) is 4.57 Å². The molecule has 2 nitrogen and oxygen atoms in total. The van der Waals surface area contributed by atoms with Gasteiger partial charge in [0, 0.05) is 8.59 Å². The summed E-state index contributed by atoms with van der Waals surface area (Å²) >= 11 is 14.4. The van der Waals surface area contributed by atoms with E-state index >= 15 is 0 Å². The van der Waals surface area contributed by atoms with E-state index in [2.05, 4.69) is 51.2 Å². The molecule has 0 saturated heterocycles. The highest BCUT2D eigenvalue weighted by Gasteiger charge is 2.15. The van der Waals surface area contributed by atoms with Crippen LogP contribution in [0.3, 0.4) is 0 Å². The van der Waals surface area contributed by atoms with E-state index in [1.54, 1.807) is 0 Å². The van der Waals surface area contributed by atoms with Crippen LogP contribution in [0.2, 0.25) is 5.02 Å². The smallest absolute Gasteiger partial charge is 0.129 e. The summed E-state index contributed by atoms with van der Waals surface area (Å²) in [6.45, 7) is 2.06. The number of hydrogen-bond acceptors (Lipinski definition) is 1. The van der Waals surface area contributed by atoms with Crippen molar-refractivity contribution in [2.24, 2.45) is 0 Å². The summed E-state index contributed by atoms with van der Waals surface area (Å²) in [4.78, 5) is 4.67. The molecule has 0 aliphatic carbocycles. The van der Waals surface area contributed by atoms with Gasteiger partial charge in [0.1, 0.15) is 5.82 Å². The van der Waals surface area contributed by atoms with E-state index < -0.39 is 0 Å². The van der Waals surface area contributed by atoms with Crippen LogP contribution < -0.4 is 0 Å². The summed E-state index contributed by atoms with van der Waals surface area (Å²) in [5.41, 5.74) is 4.27. The molecule has 3 aromatic rings. The predicted octanol–water partition coefficient (Wildman–Crippen LogP) is 5.33. The van der Waals surface area contributed by atoms with Crippen molar-refractivity contribution in [3.63, 3.8) is 0 Å². The lowest BCUT2D eigenvalue weighted by Crippen LogP contribution is -2.01. The van der Waals surface area contributed by atoms with Crippen LogP contribution in [0.15, 0.2) is 36.4 Å². The molecule has 0 N–H and O–H groups in total. The molecule has 0 amide bonds. The number of aromatic nitrogens is 2. The minimum atomic E-state index is 0.368. The fourth-order valence-corrected chi connectivity index (χ4v) is 3.60. The maximum atomic E-state index is 6.08. The molecule has 2 aromatic carbocycles. The van der Waals surface area contributed by atoms with Crippen molar-refractivity contribution in [2.45, 2.75) is 12.8 Å². The van der Waals surface area contributed by atoms with Gasteiger partial charge >= 0.3 is 0 Å². The molecule has 3 rings (SSSR count). The third kappa shape index (κ3) is 2.32. The zero-order valence-corrected chi connectivity index (χ0v) is 14.4. The second-order valence-corrected chi connectivity index (χ2v) is 6.40. The van der Waals surface area contributed by atoms with Crippen molar-refractivity contribution >= 4 is 56.8 Å². The van der Waals surface area contributed by atoms with Gasteiger partial charge in [0.25, 0.3) is 0 Å². The summed E-state index contributed by atoms with van der Waals surface area (Å²) in [6, 6.07) is 12.0. The van der Waals surface area contributed by atoms with Crippen LogP contribution in [0.1, 0.15) is 11.4 Å². The molecular weight excluding hydrogens is 406 g/mol. The Hall–Kier alpha value is -0.780. The van der Waals surface area contributed by atoms with Gasteiger partial charge in [0.15, 0.2) is 0 Å². The molecule has 1 aromatic heterocycles. The number of imidazole rings is 1. The van der Waals surface area contributed by atoms with E-state index in [0.29, 0.717) is 5.88 Å². The van der Waals surface area contributed by atoms with Gasteiger partial charge in [-0.1, -0.05) is 23.7 Å². The average Bonchev–Trinajstić information content (AvgIpc) is 2.79. The summed E-state index contributed by atoms with van der Waals surface area (Å²) in [5.74, 6) is 1.21. The van der Waals surface area contributed by atoms with Crippen LogP contribution in [0.5, 0.6) is 0 Å². The SMILES string of the molecule is Cc1cccc2c1nc(CCl)n2-c1ccc(Cl)cc1I. The minimum Gasteiger partial charge on any atom is -0.294 e. The van der Waals surface area contributed by atoms with Crippen LogP contribution in [0, 0.1) is 10.5 Å². The maximum absolute atomic E-state index is 6.08. The molecule has 102 valence electrons. The molecule has 20 heavy (non-hydrogen) atoms. The third-order valence-corrected chi connectivity index (χ3v) is 4.56. The van der Waals surface area contributed by atoms with E-state index in [-0.39, 0.29) is 0 Å². The highest BCUT2D eigenvalue weighted by atomic mass is 127. The van der Waals surface area contributed by atoms with Crippen LogP contribution in [-0.2, 0) is 5.88 Å². The first-order chi connectivity index (χ1) is 9.61. The fourth-order valence-electron chi connectivity index (χ4n) is 2.31. The quantitative estimate of drug-likeness (QED) is 0.407. The Morgan fingerprint density at radius 1 is 1.25 bits per heavy atom. The molecule has 0 aliphatic heterocycles.